The highest BCUT2D eigenvalue weighted by Crippen LogP contribution is 2.24. The van der Waals surface area contributed by atoms with Crippen LogP contribution >= 0.6 is 23.4 Å². The summed E-state index contributed by atoms with van der Waals surface area (Å²) in [5, 5.41) is 17.0. The van der Waals surface area contributed by atoms with Crippen LogP contribution in [0, 0.1) is 22.7 Å². The van der Waals surface area contributed by atoms with Crippen LogP contribution in [0.3, 0.4) is 0 Å². The fraction of sp³-hybridized carbons (Fsp3) is 0.200. The van der Waals surface area contributed by atoms with Gasteiger partial charge in [-0.2, -0.15) is 5.26 Å². The zero-order valence-corrected chi connectivity index (χ0v) is 16.1. The lowest BCUT2D eigenvalue weighted by Gasteiger charge is -2.08. The fourth-order valence-corrected chi connectivity index (χ4v) is 3.17. The summed E-state index contributed by atoms with van der Waals surface area (Å²) in [5.41, 5.74) is 1.19. The number of nitriles is 1. The van der Waals surface area contributed by atoms with Crippen molar-refractivity contribution < 1.29 is 14.3 Å². The third kappa shape index (κ3) is 6.24. The van der Waals surface area contributed by atoms with Gasteiger partial charge in [-0.05, 0) is 48.9 Å². The molecule has 0 heterocycles. The lowest BCUT2D eigenvalue weighted by atomic mass is 10.0. The standard InChI is InChI=1S/C20H17ClN2O3S/c1-13(23)18(10-22)19(24)11-26-20(25)15-4-2-3-14(9-15)12-27-17-7-5-16(21)6-8-17/h2-9,18,23H,11-12H2,1H3. The van der Waals surface area contributed by atoms with Crippen LogP contribution in [0.15, 0.2) is 53.4 Å². The number of esters is 1. The topological polar surface area (TPSA) is 91.0 Å². The summed E-state index contributed by atoms with van der Waals surface area (Å²) in [6.07, 6.45) is 0. The Morgan fingerprint density at radius 1 is 1.26 bits per heavy atom. The van der Waals surface area contributed by atoms with Crippen molar-refractivity contribution in [1.29, 1.82) is 10.7 Å². The molecule has 0 saturated heterocycles. The highest BCUT2D eigenvalue weighted by molar-refractivity contribution is 7.98. The first-order chi connectivity index (χ1) is 12.9. The van der Waals surface area contributed by atoms with Crippen LogP contribution in [0.4, 0.5) is 0 Å². The highest BCUT2D eigenvalue weighted by Gasteiger charge is 2.21. The zero-order valence-electron chi connectivity index (χ0n) is 14.6. The number of hydrogen-bond donors (Lipinski definition) is 1. The van der Waals surface area contributed by atoms with E-state index in [-0.39, 0.29) is 5.71 Å². The van der Waals surface area contributed by atoms with Crippen molar-refractivity contribution in [2.24, 2.45) is 5.92 Å². The van der Waals surface area contributed by atoms with E-state index in [1.54, 1.807) is 36.0 Å². The Hall–Kier alpha value is -2.62. The lowest BCUT2D eigenvalue weighted by molar-refractivity contribution is -0.122. The first-order valence-corrected chi connectivity index (χ1v) is 9.39. The van der Waals surface area contributed by atoms with Crippen LogP contribution < -0.4 is 0 Å². The van der Waals surface area contributed by atoms with Crippen LogP contribution in [0.25, 0.3) is 0 Å². The van der Waals surface area contributed by atoms with Crippen LogP contribution in [0.5, 0.6) is 0 Å². The van der Waals surface area contributed by atoms with Crippen molar-refractivity contribution in [2.45, 2.75) is 17.6 Å². The summed E-state index contributed by atoms with van der Waals surface area (Å²) >= 11 is 7.47. The third-order valence-corrected chi connectivity index (χ3v) is 4.95. The molecule has 0 aliphatic carbocycles. The third-order valence-electron chi connectivity index (χ3n) is 3.61. The summed E-state index contributed by atoms with van der Waals surface area (Å²) in [5.74, 6) is -1.76. The molecule has 5 nitrogen and oxygen atoms in total. The lowest BCUT2D eigenvalue weighted by Crippen LogP contribution is -2.25. The number of rotatable bonds is 8. The zero-order chi connectivity index (χ0) is 19.8. The molecule has 27 heavy (non-hydrogen) atoms. The van der Waals surface area contributed by atoms with Gasteiger partial charge < -0.3 is 10.1 Å². The molecule has 0 aliphatic rings. The molecule has 0 amide bonds. The average molecular weight is 401 g/mol. The average Bonchev–Trinajstić information content (AvgIpc) is 2.66. The molecule has 0 fully saturated rings. The van der Waals surface area contributed by atoms with Gasteiger partial charge in [0, 0.05) is 21.4 Å². The smallest absolute Gasteiger partial charge is 0.338 e. The summed E-state index contributed by atoms with van der Waals surface area (Å²) in [7, 11) is 0. The van der Waals surface area contributed by atoms with Crippen LogP contribution in [0.2, 0.25) is 5.02 Å². The maximum atomic E-state index is 12.2. The Bertz CT molecular complexity index is 891. The Kier molecular flexibility index (Phi) is 7.59. The number of carbonyl (C=O) groups excluding carboxylic acids is 2. The van der Waals surface area contributed by atoms with E-state index in [1.807, 2.05) is 30.3 Å². The molecule has 0 spiro atoms. The van der Waals surface area contributed by atoms with E-state index in [1.165, 1.54) is 6.92 Å². The number of hydrogen-bond acceptors (Lipinski definition) is 6. The van der Waals surface area contributed by atoms with Gasteiger partial charge in [0.25, 0.3) is 0 Å². The van der Waals surface area contributed by atoms with E-state index < -0.39 is 24.3 Å². The van der Waals surface area contributed by atoms with Gasteiger partial charge in [-0.1, -0.05) is 23.7 Å². The number of nitrogens with one attached hydrogen (secondary N) is 1. The van der Waals surface area contributed by atoms with E-state index >= 15 is 0 Å². The van der Waals surface area contributed by atoms with Gasteiger partial charge in [-0.25, -0.2) is 4.79 Å². The predicted molar refractivity (Wildman–Crippen MR) is 105 cm³/mol. The Morgan fingerprint density at radius 2 is 1.96 bits per heavy atom. The SMILES string of the molecule is CC(=N)C(C#N)C(=O)COC(=O)c1cccc(CSc2ccc(Cl)cc2)c1. The molecule has 1 N–H and O–H groups in total. The van der Waals surface area contributed by atoms with Crippen LogP contribution in [0.1, 0.15) is 22.8 Å². The number of Topliss-reactive ketones (excluding diaryl/α,β-unsaturated/α-hetero) is 1. The van der Waals surface area contributed by atoms with Crippen molar-refractivity contribution >= 4 is 40.8 Å². The normalized spacial score (nSPS) is 11.3. The number of ether oxygens (including phenoxy) is 1. The quantitative estimate of drug-likeness (QED) is 0.399. The molecule has 0 aromatic heterocycles. The molecule has 0 bridgehead atoms. The molecule has 2 rings (SSSR count). The molecular formula is C20H17ClN2O3S. The number of nitrogens with zero attached hydrogens (tertiary/aromatic N) is 1. The minimum atomic E-state index is -1.18. The first-order valence-electron chi connectivity index (χ1n) is 8.02. The largest absolute Gasteiger partial charge is 0.454 e. The summed E-state index contributed by atoms with van der Waals surface area (Å²) in [6.45, 7) is 0.840. The highest BCUT2D eigenvalue weighted by atomic mass is 35.5. The van der Waals surface area contributed by atoms with E-state index in [4.69, 9.17) is 27.0 Å². The number of halogens is 1. The number of carbonyl (C=O) groups is 2. The van der Waals surface area contributed by atoms with Gasteiger partial charge in [0.2, 0.25) is 0 Å². The van der Waals surface area contributed by atoms with Crippen molar-refractivity contribution in [2.75, 3.05) is 6.61 Å². The van der Waals surface area contributed by atoms with E-state index in [0.717, 1.165) is 10.5 Å². The number of thioether (sulfide) groups is 1. The second-order valence-corrected chi connectivity index (χ2v) is 7.22. The second-order valence-electron chi connectivity index (χ2n) is 5.73. The maximum absolute atomic E-state index is 12.2. The molecule has 1 unspecified atom stereocenters. The molecule has 0 aliphatic heterocycles. The van der Waals surface area contributed by atoms with E-state index in [9.17, 15) is 9.59 Å². The molecule has 7 heteroatoms. The minimum Gasteiger partial charge on any atom is -0.454 e. The molecule has 2 aromatic rings. The number of benzene rings is 2. The van der Waals surface area contributed by atoms with Crippen molar-refractivity contribution in [1.82, 2.24) is 0 Å². The molecule has 1 atom stereocenters. The van der Waals surface area contributed by atoms with Crippen molar-refractivity contribution in [3.05, 3.63) is 64.7 Å². The monoisotopic (exact) mass is 400 g/mol. The van der Waals surface area contributed by atoms with Gasteiger partial charge in [0.05, 0.1) is 11.6 Å². The first kappa shape index (κ1) is 20.7. The van der Waals surface area contributed by atoms with Crippen molar-refractivity contribution in [3.63, 3.8) is 0 Å². The van der Waals surface area contributed by atoms with Gasteiger partial charge in [0.1, 0.15) is 5.92 Å². The Balaban J connectivity index is 1.94. The van der Waals surface area contributed by atoms with Gasteiger partial charge in [-0.15, -0.1) is 11.8 Å². The van der Waals surface area contributed by atoms with Gasteiger partial charge >= 0.3 is 5.97 Å². The predicted octanol–water partition coefficient (Wildman–Crippen LogP) is 4.54. The van der Waals surface area contributed by atoms with Crippen molar-refractivity contribution in [3.8, 4) is 6.07 Å². The summed E-state index contributed by atoms with van der Waals surface area (Å²) in [4.78, 5) is 25.1. The minimum absolute atomic E-state index is 0.0697. The second kappa shape index (κ2) is 9.91. The van der Waals surface area contributed by atoms with E-state index in [2.05, 4.69) is 0 Å². The summed E-state index contributed by atoms with van der Waals surface area (Å²) < 4.78 is 5.00. The molecule has 0 radical (unpaired) electrons. The summed E-state index contributed by atoms with van der Waals surface area (Å²) in [6, 6.07) is 16.2. The van der Waals surface area contributed by atoms with Gasteiger partial charge in [-0.3, -0.25) is 4.79 Å². The number of ketones is 1. The maximum Gasteiger partial charge on any atom is 0.338 e. The Labute approximate surface area is 166 Å². The fourth-order valence-electron chi connectivity index (χ4n) is 2.20. The molecular weight excluding hydrogens is 384 g/mol. The van der Waals surface area contributed by atoms with Crippen LogP contribution in [-0.4, -0.2) is 24.1 Å². The Morgan fingerprint density at radius 3 is 2.59 bits per heavy atom. The van der Waals surface area contributed by atoms with E-state index in [0.29, 0.717) is 16.3 Å². The molecule has 2 aromatic carbocycles. The van der Waals surface area contributed by atoms with Crippen LogP contribution in [-0.2, 0) is 15.3 Å². The van der Waals surface area contributed by atoms with Gasteiger partial charge in [0.15, 0.2) is 12.4 Å². The molecule has 0 saturated carbocycles. The molecule has 138 valence electrons.